The molecule has 0 unspecified atom stereocenters. The number of esters is 4. The minimum absolute atomic E-state index is 0.212. The van der Waals surface area contributed by atoms with E-state index in [4.69, 9.17) is 29.2 Å². The Balaban J connectivity index is 1.70. The van der Waals surface area contributed by atoms with Gasteiger partial charge in [0.15, 0.2) is 0 Å². The van der Waals surface area contributed by atoms with Crippen LogP contribution in [0, 0.1) is 0 Å². The van der Waals surface area contributed by atoms with Gasteiger partial charge in [-0.15, -0.1) is 0 Å². The van der Waals surface area contributed by atoms with Gasteiger partial charge in [0.2, 0.25) is 0 Å². The van der Waals surface area contributed by atoms with Crippen LogP contribution in [0.25, 0.3) is 10.8 Å². The molecule has 0 aliphatic rings. The predicted molar refractivity (Wildman–Crippen MR) is 165 cm³/mol. The van der Waals surface area contributed by atoms with E-state index in [9.17, 15) is 19.2 Å². The van der Waals surface area contributed by atoms with Gasteiger partial charge >= 0.3 is 23.9 Å². The lowest BCUT2D eigenvalue weighted by Gasteiger charge is -2.06. The average molecular weight is 613 g/mol. The number of benzene rings is 2. The van der Waals surface area contributed by atoms with Gasteiger partial charge in [-0.05, 0) is 60.7 Å². The summed E-state index contributed by atoms with van der Waals surface area (Å²) in [6, 6.07) is 9.80. The van der Waals surface area contributed by atoms with E-state index in [0.717, 1.165) is 112 Å². The van der Waals surface area contributed by atoms with Crippen molar-refractivity contribution in [3.05, 3.63) is 60.7 Å². The van der Waals surface area contributed by atoms with E-state index < -0.39 is 23.9 Å². The van der Waals surface area contributed by atoms with Crippen molar-refractivity contribution in [1.82, 2.24) is 0 Å². The topological polar surface area (TPSA) is 146 Å². The van der Waals surface area contributed by atoms with Gasteiger partial charge in [-0.1, -0.05) is 63.5 Å². The second-order valence-corrected chi connectivity index (χ2v) is 10.2. The number of ether oxygens (including phenoxy) is 4. The summed E-state index contributed by atoms with van der Waals surface area (Å²) in [6.07, 6.45) is 15.1. The molecule has 240 valence electrons. The molecule has 2 N–H and O–H groups in total. The van der Waals surface area contributed by atoms with E-state index in [-0.39, 0.29) is 37.9 Å². The molecule has 0 aliphatic carbocycles. The lowest BCUT2D eigenvalue weighted by atomic mass is 10.1. The van der Waals surface area contributed by atoms with Gasteiger partial charge in [0.25, 0.3) is 0 Å². The molecule has 0 aliphatic heterocycles. The maximum atomic E-state index is 12.1. The van der Waals surface area contributed by atoms with Crippen molar-refractivity contribution in [3.63, 3.8) is 0 Å². The predicted octanol–water partition coefficient (Wildman–Crippen LogP) is 5.52. The molecule has 10 nitrogen and oxygen atoms in total. The Morgan fingerprint density at radius 2 is 0.818 bits per heavy atom. The van der Waals surface area contributed by atoms with Crippen LogP contribution in [0.4, 0.5) is 0 Å². The molecule has 0 bridgehead atoms. The Morgan fingerprint density at radius 1 is 0.477 bits per heavy atom. The van der Waals surface area contributed by atoms with E-state index in [2.05, 4.69) is 0 Å². The van der Waals surface area contributed by atoms with E-state index in [1.165, 1.54) is 0 Å². The molecule has 0 saturated heterocycles. The highest BCUT2D eigenvalue weighted by Gasteiger charge is 2.07. The quantitative estimate of drug-likeness (QED) is 0.0755. The summed E-state index contributed by atoms with van der Waals surface area (Å²) in [5.41, 5.74) is 0. The van der Waals surface area contributed by atoms with Crippen molar-refractivity contribution in [1.29, 1.82) is 0 Å². The molecule has 0 spiro atoms. The van der Waals surface area contributed by atoms with Crippen LogP contribution in [0.5, 0.6) is 11.5 Å². The monoisotopic (exact) mass is 612 g/mol. The van der Waals surface area contributed by atoms with Crippen LogP contribution in [0.3, 0.4) is 0 Å². The largest absolute Gasteiger partial charge is 0.463 e. The highest BCUT2D eigenvalue weighted by molar-refractivity contribution is 5.94. The number of carbonyl (C=O) groups excluding carboxylic acids is 4. The summed E-state index contributed by atoms with van der Waals surface area (Å²) in [6.45, 7) is 0.974. The van der Waals surface area contributed by atoms with Crippen molar-refractivity contribution >= 4 is 34.6 Å². The van der Waals surface area contributed by atoms with Gasteiger partial charge in [-0.25, -0.2) is 19.2 Å². The number of aliphatic hydroxyl groups is 2. The molecule has 0 atom stereocenters. The molecule has 10 heteroatoms. The minimum atomic E-state index is -0.727. The molecule has 0 heterocycles. The Morgan fingerprint density at radius 3 is 1.20 bits per heavy atom. The van der Waals surface area contributed by atoms with Gasteiger partial charge in [-0.3, -0.25) is 0 Å². The fraction of sp³-hybridized carbons (Fsp3) is 0.471. The number of carbonyl (C=O) groups is 4. The molecular formula is C34H44O10. The smallest absolute Gasteiger partial charge is 0.336 e. The van der Waals surface area contributed by atoms with Crippen molar-refractivity contribution < 1.29 is 48.3 Å². The first-order valence-corrected chi connectivity index (χ1v) is 15.3. The third-order valence-electron chi connectivity index (χ3n) is 6.52. The summed E-state index contributed by atoms with van der Waals surface area (Å²) in [7, 11) is 0. The zero-order valence-corrected chi connectivity index (χ0v) is 25.2. The van der Waals surface area contributed by atoms with E-state index >= 15 is 0 Å². The summed E-state index contributed by atoms with van der Waals surface area (Å²) in [5, 5.41) is 19.0. The van der Waals surface area contributed by atoms with Crippen LogP contribution >= 0.6 is 0 Å². The van der Waals surface area contributed by atoms with Crippen molar-refractivity contribution in [2.45, 2.75) is 77.0 Å². The summed E-state index contributed by atoms with van der Waals surface area (Å²) in [4.78, 5) is 47.9. The zero-order valence-electron chi connectivity index (χ0n) is 25.2. The fourth-order valence-corrected chi connectivity index (χ4v) is 4.19. The SMILES string of the molecule is O=C(/C=C/C(=O)Oc1ccc2cc(OC(=O)/C=C/C(=O)OCCCCCCCCO)ccc2c1)OCCCCCCCCO. The zero-order chi connectivity index (χ0) is 31.8. The first-order chi connectivity index (χ1) is 21.4. The molecule has 44 heavy (non-hydrogen) atoms. The highest BCUT2D eigenvalue weighted by Crippen LogP contribution is 2.25. The van der Waals surface area contributed by atoms with Crippen LogP contribution < -0.4 is 9.47 Å². The molecule has 0 amide bonds. The number of hydrogen-bond acceptors (Lipinski definition) is 10. The molecule has 0 fully saturated rings. The second kappa shape index (κ2) is 22.5. The van der Waals surface area contributed by atoms with E-state index in [1.54, 1.807) is 36.4 Å². The first kappa shape index (κ1) is 36.2. The van der Waals surface area contributed by atoms with Gasteiger partial charge in [0, 0.05) is 37.5 Å². The number of aliphatic hydroxyl groups excluding tert-OH is 2. The molecule has 0 radical (unpaired) electrons. The fourth-order valence-electron chi connectivity index (χ4n) is 4.19. The van der Waals surface area contributed by atoms with Crippen LogP contribution in [-0.4, -0.2) is 60.5 Å². The Bertz CT molecular complexity index is 1140. The van der Waals surface area contributed by atoms with Crippen molar-refractivity contribution in [3.8, 4) is 11.5 Å². The first-order valence-electron chi connectivity index (χ1n) is 15.3. The number of rotatable bonds is 22. The molecule has 2 aromatic carbocycles. The number of unbranched alkanes of at least 4 members (excludes halogenated alkanes) is 10. The molecular weight excluding hydrogens is 568 g/mol. The summed E-state index contributed by atoms with van der Waals surface area (Å²) >= 11 is 0. The minimum Gasteiger partial charge on any atom is -0.463 e. The Labute approximate surface area is 258 Å². The van der Waals surface area contributed by atoms with Crippen LogP contribution in [0.1, 0.15) is 77.0 Å². The van der Waals surface area contributed by atoms with E-state index in [0.29, 0.717) is 0 Å². The van der Waals surface area contributed by atoms with Gasteiger partial charge in [0.05, 0.1) is 13.2 Å². The molecule has 2 aromatic rings. The Hall–Kier alpha value is -4.02. The summed E-state index contributed by atoms with van der Waals surface area (Å²) in [5.74, 6) is -2.15. The number of fused-ring (bicyclic) bond motifs is 1. The highest BCUT2D eigenvalue weighted by atomic mass is 16.5. The summed E-state index contributed by atoms with van der Waals surface area (Å²) < 4.78 is 20.7. The third kappa shape index (κ3) is 16.6. The molecule has 0 aromatic heterocycles. The van der Waals surface area contributed by atoms with Crippen molar-refractivity contribution in [2.24, 2.45) is 0 Å². The Kier molecular flexibility index (Phi) is 18.5. The average Bonchev–Trinajstić information content (AvgIpc) is 3.01. The standard InChI is InChI=1S/C34H44O10/c35-21-9-5-1-3-7-11-23-41-31(37)17-19-33(39)43-29-15-13-28-26-30(16-14-27(28)25-29)44-34(40)20-18-32(38)42-24-12-8-4-2-6-10-22-36/h13-20,25-26,35-36H,1-12,21-24H2/b19-17+,20-18+. The maximum Gasteiger partial charge on any atom is 0.336 e. The molecule has 0 saturated carbocycles. The third-order valence-corrected chi connectivity index (χ3v) is 6.52. The van der Waals surface area contributed by atoms with Gasteiger partial charge < -0.3 is 29.2 Å². The van der Waals surface area contributed by atoms with E-state index in [1.807, 2.05) is 0 Å². The molecule has 2 rings (SSSR count). The lowest BCUT2D eigenvalue weighted by molar-refractivity contribution is -0.139. The second-order valence-electron chi connectivity index (χ2n) is 10.2. The normalized spacial score (nSPS) is 11.2. The lowest BCUT2D eigenvalue weighted by Crippen LogP contribution is -2.07. The van der Waals surface area contributed by atoms with Gasteiger partial charge in [0.1, 0.15) is 11.5 Å². The maximum absolute atomic E-state index is 12.1. The van der Waals surface area contributed by atoms with Crippen molar-refractivity contribution in [2.75, 3.05) is 26.4 Å². The van der Waals surface area contributed by atoms with Gasteiger partial charge in [-0.2, -0.15) is 0 Å². The van der Waals surface area contributed by atoms with Crippen LogP contribution in [0.2, 0.25) is 0 Å². The number of hydrogen-bond donors (Lipinski definition) is 2. The van der Waals surface area contributed by atoms with Crippen LogP contribution in [-0.2, 0) is 28.7 Å². The van der Waals surface area contributed by atoms with Crippen LogP contribution in [0.15, 0.2) is 60.7 Å².